The van der Waals surface area contributed by atoms with Crippen LogP contribution in [0.4, 0.5) is 0 Å². The van der Waals surface area contributed by atoms with Gasteiger partial charge in [-0.05, 0) is 11.1 Å². The maximum absolute atomic E-state index is 5.57. The lowest BCUT2D eigenvalue weighted by molar-refractivity contribution is 0.100. The van der Waals surface area contributed by atoms with Gasteiger partial charge >= 0.3 is 0 Å². The summed E-state index contributed by atoms with van der Waals surface area (Å²) in [6, 6.07) is 8.31. The number of benzene rings is 1. The first-order valence-electron chi connectivity index (χ1n) is 6.36. The fraction of sp³-hybridized carbons (Fsp3) is 0.571. The van der Waals surface area contributed by atoms with Gasteiger partial charge < -0.3 is 18.9 Å². The van der Waals surface area contributed by atoms with E-state index >= 15 is 0 Å². The Morgan fingerprint density at radius 1 is 0.944 bits per heavy atom. The molecule has 3 rings (SSSR count). The summed E-state index contributed by atoms with van der Waals surface area (Å²) in [4.78, 5) is 0. The number of rotatable bonds is 8. The Balaban J connectivity index is 1.41. The Morgan fingerprint density at radius 2 is 1.44 bits per heavy atom. The number of epoxide rings is 2. The first-order valence-corrected chi connectivity index (χ1v) is 6.36. The molecule has 4 heteroatoms. The fourth-order valence-corrected chi connectivity index (χ4v) is 1.75. The van der Waals surface area contributed by atoms with Crippen molar-refractivity contribution in [2.45, 2.75) is 25.4 Å². The van der Waals surface area contributed by atoms with Crippen LogP contribution in [0.3, 0.4) is 0 Å². The third kappa shape index (κ3) is 4.07. The largest absolute Gasteiger partial charge is 0.374 e. The average Bonchev–Trinajstić information content (AvgIpc) is 3.25. The lowest BCUT2D eigenvalue weighted by Gasteiger charge is -2.06. The van der Waals surface area contributed by atoms with Crippen molar-refractivity contribution < 1.29 is 18.9 Å². The maximum atomic E-state index is 5.57. The third-order valence-electron chi connectivity index (χ3n) is 2.94. The van der Waals surface area contributed by atoms with Crippen LogP contribution in [0.25, 0.3) is 0 Å². The van der Waals surface area contributed by atoms with Gasteiger partial charge in [0.2, 0.25) is 0 Å². The van der Waals surface area contributed by atoms with Crippen molar-refractivity contribution in [1.29, 1.82) is 0 Å². The van der Waals surface area contributed by atoms with Gasteiger partial charge in [-0.1, -0.05) is 24.3 Å². The fourth-order valence-electron chi connectivity index (χ4n) is 1.75. The minimum Gasteiger partial charge on any atom is -0.374 e. The number of hydrogen-bond acceptors (Lipinski definition) is 4. The lowest BCUT2D eigenvalue weighted by Crippen LogP contribution is -2.03. The molecule has 1 aromatic carbocycles. The highest BCUT2D eigenvalue weighted by molar-refractivity contribution is 5.22. The molecule has 2 aliphatic rings. The summed E-state index contributed by atoms with van der Waals surface area (Å²) in [6.45, 7) is 4.35. The molecule has 4 nitrogen and oxygen atoms in total. The molecule has 0 aromatic heterocycles. The van der Waals surface area contributed by atoms with Crippen LogP contribution in [-0.4, -0.2) is 38.6 Å². The third-order valence-corrected chi connectivity index (χ3v) is 2.94. The van der Waals surface area contributed by atoms with E-state index in [-0.39, 0.29) is 0 Å². The molecule has 0 aliphatic carbocycles. The van der Waals surface area contributed by atoms with E-state index in [0.717, 1.165) is 13.2 Å². The molecule has 0 N–H and O–H groups in total. The highest BCUT2D eigenvalue weighted by Gasteiger charge is 2.22. The predicted molar refractivity (Wildman–Crippen MR) is 65.2 cm³/mol. The van der Waals surface area contributed by atoms with Crippen LogP contribution in [0.2, 0.25) is 0 Å². The zero-order valence-corrected chi connectivity index (χ0v) is 10.3. The second-order valence-electron chi connectivity index (χ2n) is 4.76. The van der Waals surface area contributed by atoms with E-state index in [4.69, 9.17) is 18.9 Å². The van der Waals surface area contributed by atoms with Crippen LogP contribution in [-0.2, 0) is 32.2 Å². The Labute approximate surface area is 107 Å². The summed E-state index contributed by atoms with van der Waals surface area (Å²) in [7, 11) is 0. The van der Waals surface area contributed by atoms with Crippen molar-refractivity contribution in [2.75, 3.05) is 26.4 Å². The highest BCUT2D eigenvalue weighted by atomic mass is 16.6. The quantitative estimate of drug-likeness (QED) is 0.656. The Kier molecular flexibility index (Phi) is 3.90. The molecule has 2 fully saturated rings. The molecule has 2 atom stereocenters. The second kappa shape index (κ2) is 5.80. The van der Waals surface area contributed by atoms with Crippen molar-refractivity contribution in [2.24, 2.45) is 0 Å². The number of hydrogen-bond donors (Lipinski definition) is 0. The lowest BCUT2D eigenvalue weighted by atomic mass is 10.1. The van der Waals surface area contributed by atoms with Crippen molar-refractivity contribution in [1.82, 2.24) is 0 Å². The molecule has 0 amide bonds. The molecule has 0 radical (unpaired) electrons. The van der Waals surface area contributed by atoms with Crippen LogP contribution in [0.1, 0.15) is 11.1 Å². The predicted octanol–water partition coefficient (Wildman–Crippen LogP) is 1.52. The number of ether oxygens (including phenoxy) is 4. The van der Waals surface area contributed by atoms with Crippen molar-refractivity contribution in [3.8, 4) is 0 Å². The van der Waals surface area contributed by atoms with Crippen LogP contribution < -0.4 is 0 Å². The van der Waals surface area contributed by atoms with Gasteiger partial charge in [0, 0.05) is 0 Å². The van der Waals surface area contributed by atoms with Crippen LogP contribution >= 0.6 is 0 Å². The molecule has 2 heterocycles. The Bertz CT molecular complexity index is 352. The van der Waals surface area contributed by atoms with Gasteiger partial charge in [0.25, 0.3) is 0 Å². The van der Waals surface area contributed by atoms with Crippen molar-refractivity contribution in [3.63, 3.8) is 0 Å². The molecule has 2 saturated heterocycles. The SMILES string of the molecule is c1cc(COCC2CO2)cc(COCC2CO2)c1. The molecule has 18 heavy (non-hydrogen) atoms. The van der Waals surface area contributed by atoms with E-state index in [1.165, 1.54) is 11.1 Å². The van der Waals surface area contributed by atoms with E-state index in [0.29, 0.717) is 38.6 Å². The topological polar surface area (TPSA) is 43.5 Å². The zero-order valence-electron chi connectivity index (χ0n) is 10.3. The minimum atomic E-state index is 0.329. The molecule has 98 valence electrons. The minimum absolute atomic E-state index is 0.329. The summed E-state index contributed by atoms with van der Waals surface area (Å²) >= 11 is 0. The Hall–Kier alpha value is -0.940. The summed E-state index contributed by atoms with van der Waals surface area (Å²) in [5.74, 6) is 0. The molecular weight excluding hydrogens is 232 g/mol. The van der Waals surface area contributed by atoms with Gasteiger partial charge in [-0.3, -0.25) is 0 Å². The average molecular weight is 250 g/mol. The first-order chi connectivity index (χ1) is 8.90. The van der Waals surface area contributed by atoms with Gasteiger partial charge in [-0.2, -0.15) is 0 Å². The van der Waals surface area contributed by atoms with Gasteiger partial charge in [0.15, 0.2) is 0 Å². The molecule has 0 spiro atoms. The molecule has 0 bridgehead atoms. The highest BCUT2D eigenvalue weighted by Crippen LogP contribution is 2.13. The molecule has 1 aromatic rings. The summed E-state index contributed by atoms with van der Waals surface area (Å²) in [6.07, 6.45) is 0.658. The first kappa shape index (κ1) is 12.1. The van der Waals surface area contributed by atoms with Gasteiger partial charge in [-0.15, -0.1) is 0 Å². The smallest absolute Gasteiger partial charge is 0.104 e. The second-order valence-corrected chi connectivity index (χ2v) is 4.76. The van der Waals surface area contributed by atoms with Crippen molar-refractivity contribution in [3.05, 3.63) is 35.4 Å². The van der Waals surface area contributed by atoms with E-state index in [1.54, 1.807) is 0 Å². The molecule has 2 aliphatic heterocycles. The standard InChI is InChI=1S/C14H18O4/c1-2-11(5-15-7-13-9-17-13)4-12(3-1)6-16-8-14-10-18-14/h1-4,13-14H,5-10H2. The Morgan fingerprint density at radius 3 is 1.89 bits per heavy atom. The summed E-state index contributed by atoms with van der Waals surface area (Å²) in [5, 5.41) is 0. The van der Waals surface area contributed by atoms with E-state index in [2.05, 4.69) is 18.2 Å². The van der Waals surface area contributed by atoms with Crippen LogP contribution in [0, 0.1) is 0 Å². The molecule has 2 unspecified atom stereocenters. The van der Waals surface area contributed by atoms with Gasteiger partial charge in [-0.25, -0.2) is 0 Å². The van der Waals surface area contributed by atoms with Crippen molar-refractivity contribution >= 4 is 0 Å². The molecular formula is C14H18O4. The van der Waals surface area contributed by atoms with Crippen LogP contribution in [0.15, 0.2) is 24.3 Å². The van der Waals surface area contributed by atoms with Gasteiger partial charge in [0.1, 0.15) is 12.2 Å². The van der Waals surface area contributed by atoms with E-state index < -0.39 is 0 Å². The monoisotopic (exact) mass is 250 g/mol. The zero-order chi connectivity index (χ0) is 12.2. The van der Waals surface area contributed by atoms with E-state index in [1.807, 2.05) is 6.07 Å². The maximum Gasteiger partial charge on any atom is 0.104 e. The van der Waals surface area contributed by atoms with Crippen LogP contribution in [0.5, 0.6) is 0 Å². The normalized spacial score (nSPS) is 25.1. The van der Waals surface area contributed by atoms with Gasteiger partial charge in [0.05, 0.1) is 39.6 Å². The van der Waals surface area contributed by atoms with E-state index in [9.17, 15) is 0 Å². The molecule has 0 saturated carbocycles. The summed E-state index contributed by atoms with van der Waals surface area (Å²) in [5.41, 5.74) is 2.36. The summed E-state index contributed by atoms with van der Waals surface area (Å²) < 4.78 is 21.3.